The van der Waals surface area contributed by atoms with Crippen molar-refractivity contribution < 1.29 is 0 Å². The molecule has 2 heterocycles. The number of nitrogens with one attached hydrogen (secondary N) is 1. The number of rotatable bonds is 0. The molecular formula is C8H13N3. The fourth-order valence-electron chi connectivity index (χ4n) is 1.57. The van der Waals surface area contributed by atoms with Crippen LogP contribution in [0.15, 0.2) is 16.2 Å². The normalized spacial score (nSPS) is 24.8. The molecule has 0 spiro atoms. The fraction of sp³-hybridized carbons (Fsp3) is 0.625. The largest absolute Gasteiger partial charge is 0.306 e. The van der Waals surface area contributed by atoms with Gasteiger partial charge in [0.05, 0.1) is 12.8 Å². The van der Waals surface area contributed by atoms with E-state index in [1.807, 2.05) is 6.21 Å². The van der Waals surface area contributed by atoms with Crippen LogP contribution >= 0.6 is 0 Å². The van der Waals surface area contributed by atoms with Crippen molar-refractivity contribution >= 4 is 6.21 Å². The van der Waals surface area contributed by atoms with Crippen molar-refractivity contribution in [1.29, 1.82) is 0 Å². The van der Waals surface area contributed by atoms with Crippen LogP contribution in [0.4, 0.5) is 0 Å². The van der Waals surface area contributed by atoms with Gasteiger partial charge in [-0.2, -0.15) is 5.10 Å². The van der Waals surface area contributed by atoms with Gasteiger partial charge in [0.25, 0.3) is 0 Å². The Morgan fingerprint density at radius 1 is 1.64 bits per heavy atom. The first-order valence-electron chi connectivity index (χ1n) is 4.01. The van der Waals surface area contributed by atoms with Gasteiger partial charge in [0.1, 0.15) is 0 Å². The first-order valence-corrected chi connectivity index (χ1v) is 4.01. The average molecular weight is 151 g/mol. The molecule has 0 aromatic heterocycles. The number of likely N-dealkylation sites (N-methyl/N-ethyl adjacent to an activating group) is 1. The van der Waals surface area contributed by atoms with Crippen LogP contribution in [0.5, 0.6) is 0 Å². The highest BCUT2D eigenvalue weighted by Crippen LogP contribution is 2.16. The third-order valence-corrected chi connectivity index (χ3v) is 2.29. The Balaban J connectivity index is 2.19. The van der Waals surface area contributed by atoms with Gasteiger partial charge in [-0.05, 0) is 24.6 Å². The van der Waals surface area contributed by atoms with Gasteiger partial charge in [0.2, 0.25) is 0 Å². The standard InChI is InChI=1S/C8H13N3/c1-11-3-2-7-4-9-10-5-8(7)6-11/h5,9H,2-4,6H2,1H3. The molecule has 0 aliphatic carbocycles. The van der Waals surface area contributed by atoms with E-state index in [9.17, 15) is 0 Å². The zero-order valence-electron chi connectivity index (χ0n) is 6.80. The molecule has 0 radical (unpaired) electrons. The zero-order valence-corrected chi connectivity index (χ0v) is 6.80. The van der Waals surface area contributed by atoms with Gasteiger partial charge < -0.3 is 10.3 Å². The van der Waals surface area contributed by atoms with Gasteiger partial charge in [0, 0.05) is 13.1 Å². The second-order valence-electron chi connectivity index (χ2n) is 3.21. The summed E-state index contributed by atoms with van der Waals surface area (Å²) in [6.07, 6.45) is 3.15. The Kier molecular flexibility index (Phi) is 1.66. The monoisotopic (exact) mass is 151 g/mol. The first kappa shape index (κ1) is 6.85. The first-order chi connectivity index (χ1) is 5.36. The van der Waals surface area contributed by atoms with Crippen LogP contribution in [0.2, 0.25) is 0 Å². The molecule has 1 N–H and O–H groups in total. The SMILES string of the molecule is CN1CCC2=C(C=NNC2)C1. The van der Waals surface area contributed by atoms with Crippen LogP contribution in [0, 0.1) is 0 Å². The van der Waals surface area contributed by atoms with Crippen molar-refractivity contribution in [3.05, 3.63) is 11.1 Å². The third kappa shape index (κ3) is 1.28. The maximum atomic E-state index is 4.04. The van der Waals surface area contributed by atoms with Gasteiger partial charge in [0.15, 0.2) is 0 Å². The lowest BCUT2D eigenvalue weighted by Crippen LogP contribution is -2.33. The Morgan fingerprint density at radius 3 is 3.45 bits per heavy atom. The van der Waals surface area contributed by atoms with Gasteiger partial charge in [-0.15, -0.1) is 0 Å². The molecule has 0 amide bonds. The van der Waals surface area contributed by atoms with E-state index in [1.54, 1.807) is 0 Å². The minimum absolute atomic E-state index is 0.958. The number of hydrazone groups is 1. The molecule has 11 heavy (non-hydrogen) atoms. The molecule has 3 heteroatoms. The van der Waals surface area contributed by atoms with Crippen LogP contribution in [0.1, 0.15) is 6.42 Å². The quantitative estimate of drug-likeness (QED) is 0.536. The molecule has 2 aliphatic rings. The van der Waals surface area contributed by atoms with Crippen LogP contribution in [-0.4, -0.2) is 37.8 Å². The highest BCUT2D eigenvalue weighted by atomic mass is 15.3. The van der Waals surface area contributed by atoms with E-state index in [4.69, 9.17) is 0 Å². The summed E-state index contributed by atoms with van der Waals surface area (Å²) in [5.41, 5.74) is 5.95. The molecule has 0 bridgehead atoms. The summed E-state index contributed by atoms with van der Waals surface area (Å²) in [6.45, 7) is 3.22. The fourth-order valence-corrected chi connectivity index (χ4v) is 1.57. The number of nitrogens with zero attached hydrogens (tertiary/aromatic N) is 2. The maximum Gasteiger partial charge on any atom is 0.0547 e. The minimum atomic E-state index is 0.958. The minimum Gasteiger partial charge on any atom is -0.306 e. The second kappa shape index (κ2) is 2.66. The molecule has 2 aliphatic heterocycles. The molecule has 0 aromatic carbocycles. The van der Waals surface area contributed by atoms with Gasteiger partial charge in [-0.25, -0.2) is 0 Å². The van der Waals surface area contributed by atoms with Crippen LogP contribution in [0.3, 0.4) is 0 Å². The van der Waals surface area contributed by atoms with E-state index in [1.165, 1.54) is 24.1 Å². The van der Waals surface area contributed by atoms with E-state index in [-0.39, 0.29) is 0 Å². The van der Waals surface area contributed by atoms with Crippen LogP contribution in [-0.2, 0) is 0 Å². The molecule has 0 saturated heterocycles. The molecule has 0 atom stereocenters. The number of hydrogen-bond donors (Lipinski definition) is 1. The zero-order chi connectivity index (χ0) is 7.68. The van der Waals surface area contributed by atoms with E-state index < -0.39 is 0 Å². The smallest absolute Gasteiger partial charge is 0.0547 e. The summed E-state index contributed by atoms with van der Waals surface area (Å²) in [5.74, 6) is 0. The Labute approximate surface area is 66.8 Å². The lowest BCUT2D eigenvalue weighted by molar-refractivity contribution is 0.350. The molecule has 60 valence electrons. The third-order valence-electron chi connectivity index (χ3n) is 2.29. The predicted molar refractivity (Wildman–Crippen MR) is 45.6 cm³/mol. The molecule has 0 aromatic rings. The predicted octanol–water partition coefficient (Wildman–Crippen LogP) is 0.208. The highest BCUT2D eigenvalue weighted by molar-refractivity contribution is 5.81. The summed E-state index contributed by atoms with van der Waals surface area (Å²) >= 11 is 0. The lowest BCUT2D eigenvalue weighted by Gasteiger charge is -2.27. The van der Waals surface area contributed by atoms with Crippen LogP contribution < -0.4 is 5.43 Å². The molecule has 3 nitrogen and oxygen atoms in total. The van der Waals surface area contributed by atoms with Crippen molar-refractivity contribution in [3.8, 4) is 0 Å². The summed E-state index contributed by atoms with van der Waals surface area (Å²) in [6, 6.07) is 0. The van der Waals surface area contributed by atoms with Gasteiger partial charge >= 0.3 is 0 Å². The Morgan fingerprint density at radius 2 is 2.55 bits per heavy atom. The van der Waals surface area contributed by atoms with Crippen molar-refractivity contribution in [2.75, 3.05) is 26.7 Å². The molecule has 2 rings (SSSR count). The summed E-state index contributed by atoms with van der Waals surface area (Å²) in [5, 5.41) is 4.04. The van der Waals surface area contributed by atoms with E-state index >= 15 is 0 Å². The van der Waals surface area contributed by atoms with Crippen molar-refractivity contribution in [1.82, 2.24) is 10.3 Å². The highest BCUT2D eigenvalue weighted by Gasteiger charge is 2.16. The molecule has 0 saturated carbocycles. The van der Waals surface area contributed by atoms with Gasteiger partial charge in [-0.1, -0.05) is 0 Å². The Hall–Kier alpha value is -0.830. The topological polar surface area (TPSA) is 27.6 Å². The molecule has 0 unspecified atom stereocenters. The summed E-state index contributed by atoms with van der Waals surface area (Å²) < 4.78 is 0. The van der Waals surface area contributed by atoms with Crippen LogP contribution in [0.25, 0.3) is 0 Å². The van der Waals surface area contributed by atoms with Gasteiger partial charge in [-0.3, -0.25) is 0 Å². The van der Waals surface area contributed by atoms with Crippen molar-refractivity contribution in [3.63, 3.8) is 0 Å². The summed E-state index contributed by atoms with van der Waals surface area (Å²) in [4.78, 5) is 2.33. The van der Waals surface area contributed by atoms with Crippen molar-refractivity contribution in [2.45, 2.75) is 6.42 Å². The van der Waals surface area contributed by atoms with E-state index in [0.717, 1.165) is 13.1 Å². The molecule has 0 fully saturated rings. The second-order valence-corrected chi connectivity index (χ2v) is 3.21. The summed E-state index contributed by atoms with van der Waals surface area (Å²) in [7, 11) is 2.15. The van der Waals surface area contributed by atoms with E-state index in [2.05, 4.69) is 22.5 Å². The Bertz CT molecular complexity index is 217. The van der Waals surface area contributed by atoms with E-state index in [0.29, 0.717) is 0 Å². The number of hydrogen-bond acceptors (Lipinski definition) is 3. The van der Waals surface area contributed by atoms with Crippen molar-refractivity contribution in [2.24, 2.45) is 5.10 Å². The molecular weight excluding hydrogens is 138 g/mol. The maximum absolute atomic E-state index is 4.04. The lowest BCUT2D eigenvalue weighted by atomic mass is 10.0. The average Bonchev–Trinajstić information content (AvgIpc) is 2.04.